The van der Waals surface area contributed by atoms with Gasteiger partial charge in [0.05, 0.1) is 20.3 Å². The summed E-state index contributed by atoms with van der Waals surface area (Å²) in [6, 6.07) is 4.82. The van der Waals surface area contributed by atoms with E-state index in [1.807, 2.05) is 0 Å². The van der Waals surface area contributed by atoms with E-state index in [4.69, 9.17) is 9.47 Å². The minimum atomic E-state index is 0.597. The topological polar surface area (TPSA) is 30.5 Å². The third-order valence-corrected chi connectivity index (χ3v) is 4.07. The predicted octanol–water partition coefficient (Wildman–Crippen LogP) is 2.41. The summed E-state index contributed by atoms with van der Waals surface area (Å²) in [5.74, 6) is 1.02. The van der Waals surface area contributed by atoms with Gasteiger partial charge in [0, 0.05) is 11.6 Å². The lowest BCUT2D eigenvalue weighted by Gasteiger charge is -2.25. The molecule has 18 heavy (non-hydrogen) atoms. The standard InChI is InChI=1S/C15H21NO2/c1-17-15-6-5-11-9-18-10-14(11)13(15)8-12-4-2-3-7-16-12/h5-6,12,16H,2-4,7-10H2,1H3. The molecule has 0 amide bonds. The Bertz CT molecular complexity index is 425. The van der Waals surface area contributed by atoms with Gasteiger partial charge in [-0.25, -0.2) is 0 Å². The Labute approximate surface area is 108 Å². The maximum absolute atomic E-state index is 5.57. The highest BCUT2D eigenvalue weighted by Gasteiger charge is 2.22. The summed E-state index contributed by atoms with van der Waals surface area (Å²) >= 11 is 0. The van der Waals surface area contributed by atoms with Crippen LogP contribution in [0.1, 0.15) is 36.0 Å². The molecular weight excluding hydrogens is 226 g/mol. The van der Waals surface area contributed by atoms with E-state index in [-0.39, 0.29) is 0 Å². The summed E-state index contributed by atoms with van der Waals surface area (Å²) in [5.41, 5.74) is 4.05. The van der Waals surface area contributed by atoms with Crippen molar-refractivity contribution in [1.29, 1.82) is 0 Å². The van der Waals surface area contributed by atoms with Gasteiger partial charge in [-0.3, -0.25) is 0 Å². The number of methoxy groups -OCH3 is 1. The number of fused-ring (bicyclic) bond motifs is 1. The van der Waals surface area contributed by atoms with Crippen LogP contribution in [0.3, 0.4) is 0 Å². The van der Waals surface area contributed by atoms with Crippen molar-refractivity contribution in [3.05, 3.63) is 28.8 Å². The first-order chi connectivity index (χ1) is 8.88. The largest absolute Gasteiger partial charge is 0.496 e. The number of hydrogen-bond donors (Lipinski definition) is 1. The number of ether oxygens (including phenoxy) is 2. The highest BCUT2D eigenvalue weighted by atomic mass is 16.5. The van der Waals surface area contributed by atoms with E-state index >= 15 is 0 Å². The van der Waals surface area contributed by atoms with E-state index in [0.717, 1.165) is 31.9 Å². The highest BCUT2D eigenvalue weighted by molar-refractivity contribution is 5.46. The Morgan fingerprint density at radius 1 is 1.33 bits per heavy atom. The quantitative estimate of drug-likeness (QED) is 0.889. The van der Waals surface area contributed by atoms with E-state index < -0.39 is 0 Å². The van der Waals surface area contributed by atoms with Crippen molar-refractivity contribution in [3.8, 4) is 5.75 Å². The number of rotatable bonds is 3. The van der Waals surface area contributed by atoms with Gasteiger partial charge in [-0.05, 0) is 43.0 Å². The molecule has 0 spiro atoms. The van der Waals surface area contributed by atoms with E-state index in [1.54, 1.807) is 7.11 Å². The molecule has 1 unspecified atom stereocenters. The first-order valence-corrected chi connectivity index (χ1v) is 6.87. The summed E-state index contributed by atoms with van der Waals surface area (Å²) in [5, 5.41) is 3.61. The van der Waals surface area contributed by atoms with Crippen LogP contribution in [0.15, 0.2) is 12.1 Å². The summed E-state index contributed by atoms with van der Waals surface area (Å²) in [4.78, 5) is 0. The fourth-order valence-corrected chi connectivity index (χ4v) is 3.06. The molecule has 0 aliphatic carbocycles. The van der Waals surface area contributed by atoms with Crippen molar-refractivity contribution >= 4 is 0 Å². The highest BCUT2D eigenvalue weighted by Crippen LogP contribution is 2.32. The number of hydrogen-bond acceptors (Lipinski definition) is 3. The van der Waals surface area contributed by atoms with Crippen LogP contribution in [0.5, 0.6) is 5.75 Å². The molecule has 0 saturated carbocycles. The fourth-order valence-electron chi connectivity index (χ4n) is 3.06. The lowest BCUT2D eigenvalue weighted by Crippen LogP contribution is -2.35. The average Bonchev–Trinajstić information content (AvgIpc) is 2.89. The van der Waals surface area contributed by atoms with Gasteiger partial charge in [0.1, 0.15) is 5.75 Å². The predicted molar refractivity (Wildman–Crippen MR) is 70.8 cm³/mol. The molecule has 3 rings (SSSR count). The van der Waals surface area contributed by atoms with E-state index in [0.29, 0.717) is 6.04 Å². The van der Waals surface area contributed by atoms with Crippen molar-refractivity contribution in [2.24, 2.45) is 0 Å². The Kier molecular flexibility index (Phi) is 3.52. The minimum Gasteiger partial charge on any atom is -0.496 e. The van der Waals surface area contributed by atoms with Gasteiger partial charge in [0.15, 0.2) is 0 Å². The molecule has 1 atom stereocenters. The first-order valence-electron chi connectivity index (χ1n) is 6.87. The third kappa shape index (κ3) is 2.25. The zero-order chi connectivity index (χ0) is 12.4. The molecular formula is C15H21NO2. The Hall–Kier alpha value is -1.06. The average molecular weight is 247 g/mol. The van der Waals surface area contributed by atoms with Crippen LogP contribution < -0.4 is 10.1 Å². The van der Waals surface area contributed by atoms with Crippen LogP contribution in [0.2, 0.25) is 0 Å². The van der Waals surface area contributed by atoms with Crippen LogP contribution in [-0.4, -0.2) is 19.7 Å². The van der Waals surface area contributed by atoms with Gasteiger partial charge in [0.2, 0.25) is 0 Å². The summed E-state index contributed by atoms with van der Waals surface area (Å²) in [6.45, 7) is 2.65. The second kappa shape index (κ2) is 5.29. The van der Waals surface area contributed by atoms with E-state index in [2.05, 4.69) is 17.4 Å². The lowest BCUT2D eigenvalue weighted by molar-refractivity contribution is 0.134. The summed E-state index contributed by atoms with van der Waals surface area (Å²) in [7, 11) is 1.76. The third-order valence-electron chi connectivity index (χ3n) is 4.07. The lowest BCUT2D eigenvalue weighted by atomic mass is 9.93. The maximum Gasteiger partial charge on any atom is 0.122 e. The van der Waals surface area contributed by atoms with Crippen molar-refractivity contribution in [1.82, 2.24) is 5.32 Å². The van der Waals surface area contributed by atoms with Crippen LogP contribution in [0, 0.1) is 0 Å². The second-order valence-corrected chi connectivity index (χ2v) is 5.23. The van der Waals surface area contributed by atoms with Gasteiger partial charge >= 0.3 is 0 Å². The van der Waals surface area contributed by atoms with Crippen LogP contribution in [-0.2, 0) is 24.4 Å². The van der Waals surface area contributed by atoms with Gasteiger partial charge < -0.3 is 14.8 Å². The van der Waals surface area contributed by atoms with Crippen LogP contribution in [0.25, 0.3) is 0 Å². The number of nitrogens with one attached hydrogen (secondary N) is 1. The fraction of sp³-hybridized carbons (Fsp3) is 0.600. The number of piperidine rings is 1. The molecule has 98 valence electrons. The molecule has 2 aliphatic heterocycles. The molecule has 2 heterocycles. The zero-order valence-corrected chi connectivity index (χ0v) is 11.0. The van der Waals surface area contributed by atoms with Crippen molar-refractivity contribution in [2.75, 3.05) is 13.7 Å². The van der Waals surface area contributed by atoms with Crippen molar-refractivity contribution < 1.29 is 9.47 Å². The Morgan fingerprint density at radius 2 is 2.28 bits per heavy atom. The normalized spacial score (nSPS) is 22.8. The SMILES string of the molecule is COc1ccc2c(c1CC1CCCCN1)COC2. The molecule has 1 aromatic carbocycles. The molecule has 0 aromatic heterocycles. The van der Waals surface area contributed by atoms with Gasteiger partial charge in [0.25, 0.3) is 0 Å². The smallest absolute Gasteiger partial charge is 0.122 e. The molecule has 1 fully saturated rings. The monoisotopic (exact) mass is 247 g/mol. The van der Waals surface area contributed by atoms with Gasteiger partial charge in [-0.15, -0.1) is 0 Å². The van der Waals surface area contributed by atoms with Crippen molar-refractivity contribution in [3.63, 3.8) is 0 Å². The summed E-state index contributed by atoms with van der Waals surface area (Å²) < 4.78 is 11.1. The van der Waals surface area contributed by atoms with Crippen molar-refractivity contribution in [2.45, 2.75) is 44.9 Å². The molecule has 3 heteroatoms. The second-order valence-electron chi connectivity index (χ2n) is 5.23. The van der Waals surface area contributed by atoms with Gasteiger partial charge in [-0.1, -0.05) is 12.5 Å². The minimum absolute atomic E-state index is 0.597. The first kappa shape index (κ1) is 12.0. The molecule has 1 saturated heterocycles. The Morgan fingerprint density at radius 3 is 3.06 bits per heavy atom. The molecule has 2 aliphatic rings. The molecule has 3 nitrogen and oxygen atoms in total. The zero-order valence-electron chi connectivity index (χ0n) is 11.0. The molecule has 0 bridgehead atoms. The Balaban J connectivity index is 1.86. The molecule has 1 aromatic rings. The maximum atomic E-state index is 5.57. The molecule has 1 N–H and O–H groups in total. The van der Waals surface area contributed by atoms with Gasteiger partial charge in [-0.2, -0.15) is 0 Å². The molecule has 0 radical (unpaired) electrons. The number of benzene rings is 1. The van der Waals surface area contributed by atoms with E-state index in [1.165, 1.54) is 36.0 Å². The van der Waals surface area contributed by atoms with Crippen LogP contribution >= 0.6 is 0 Å². The summed E-state index contributed by atoms with van der Waals surface area (Å²) in [6.07, 6.45) is 4.98. The van der Waals surface area contributed by atoms with E-state index in [9.17, 15) is 0 Å². The van der Waals surface area contributed by atoms with Crippen LogP contribution in [0.4, 0.5) is 0 Å².